The number of rotatable bonds is 2. The van der Waals surface area contributed by atoms with E-state index in [0.29, 0.717) is 0 Å². The summed E-state index contributed by atoms with van der Waals surface area (Å²) >= 11 is 3.62. The van der Waals surface area contributed by atoms with Gasteiger partial charge in [0.25, 0.3) is 0 Å². The highest BCUT2D eigenvalue weighted by molar-refractivity contribution is 9.10. The molecular formula is C19H16BrN5. The third-order valence-electron chi connectivity index (χ3n) is 4.58. The Morgan fingerprint density at radius 1 is 1.04 bits per heavy atom. The molecule has 3 aromatic heterocycles. The van der Waals surface area contributed by atoms with Crippen molar-refractivity contribution in [3.63, 3.8) is 0 Å². The summed E-state index contributed by atoms with van der Waals surface area (Å²) in [5, 5.41) is 11.4. The number of fused-ring (bicyclic) bond motifs is 5. The molecule has 0 aliphatic carbocycles. The van der Waals surface area contributed by atoms with Crippen molar-refractivity contribution in [2.45, 2.75) is 6.54 Å². The second kappa shape index (κ2) is 5.28. The average Bonchev–Trinajstić information content (AvgIpc) is 3.15. The van der Waals surface area contributed by atoms with Crippen LogP contribution < -0.4 is 0 Å². The minimum absolute atomic E-state index is 0.726. The van der Waals surface area contributed by atoms with E-state index in [-0.39, 0.29) is 0 Å². The summed E-state index contributed by atoms with van der Waals surface area (Å²) in [6.07, 6.45) is 2.13. The number of nitrogens with zero attached hydrogens (tertiary/aromatic N) is 5. The molecule has 0 N–H and O–H groups in total. The maximum atomic E-state index is 4.56. The topological polar surface area (TPSA) is 37.8 Å². The molecule has 6 heteroatoms. The quantitative estimate of drug-likeness (QED) is 0.452. The van der Waals surface area contributed by atoms with Crippen molar-refractivity contribution >= 4 is 48.9 Å². The van der Waals surface area contributed by atoms with E-state index in [2.05, 4.69) is 88.5 Å². The van der Waals surface area contributed by atoms with E-state index in [1.54, 1.807) is 0 Å². The van der Waals surface area contributed by atoms with Crippen LogP contribution in [-0.4, -0.2) is 38.0 Å². The molecule has 2 aromatic carbocycles. The van der Waals surface area contributed by atoms with E-state index in [1.165, 1.54) is 10.9 Å². The number of hydrogen-bond donors (Lipinski definition) is 0. The Kier molecular flexibility index (Phi) is 3.14. The lowest BCUT2D eigenvalue weighted by molar-refractivity contribution is 0.389. The molecule has 124 valence electrons. The molecule has 5 nitrogen and oxygen atoms in total. The predicted octanol–water partition coefficient (Wildman–Crippen LogP) is 4.11. The first-order valence-electron chi connectivity index (χ1n) is 8.13. The number of aromatic nitrogens is 4. The van der Waals surface area contributed by atoms with Gasteiger partial charge in [-0.2, -0.15) is 0 Å². The van der Waals surface area contributed by atoms with E-state index >= 15 is 0 Å². The van der Waals surface area contributed by atoms with Crippen molar-refractivity contribution in [1.82, 2.24) is 23.9 Å². The zero-order valence-corrected chi connectivity index (χ0v) is 15.5. The maximum absolute atomic E-state index is 4.56. The lowest BCUT2D eigenvalue weighted by atomic mass is 10.2. The predicted molar refractivity (Wildman–Crippen MR) is 104 cm³/mol. The van der Waals surface area contributed by atoms with Crippen LogP contribution in [0.3, 0.4) is 0 Å². The lowest BCUT2D eigenvalue weighted by Crippen LogP contribution is -2.13. The molecule has 0 amide bonds. The van der Waals surface area contributed by atoms with Crippen LogP contribution in [0.25, 0.3) is 33.0 Å². The van der Waals surface area contributed by atoms with Gasteiger partial charge in [-0.25, -0.2) is 0 Å². The van der Waals surface area contributed by atoms with Crippen LogP contribution >= 0.6 is 15.9 Å². The standard InChI is InChI=1S/C19H16BrN5/c1-23(2)11-17-21-22-19-14-5-3-4-12-8-9-24(18(12)14)15-7-6-13(20)10-16(15)25(17)19/h3-10H,11H2,1-2H3. The van der Waals surface area contributed by atoms with Gasteiger partial charge in [0.1, 0.15) is 0 Å². The Labute approximate surface area is 152 Å². The van der Waals surface area contributed by atoms with Gasteiger partial charge in [0.15, 0.2) is 11.5 Å². The van der Waals surface area contributed by atoms with Crippen molar-refractivity contribution in [1.29, 1.82) is 0 Å². The van der Waals surface area contributed by atoms with Crippen molar-refractivity contribution in [3.05, 3.63) is 59.0 Å². The van der Waals surface area contributed by atoms with Crippen molar-refractivity contribution in [2.75, 3.05) is 14.1 Å². The highest BCUT2D eigenvalue weighted by atomic mass is 79.9. The normalized spacial score (nSPS) is 12.3. The minimum atomic E-state index is 0.726. The molecule has 0 aliphatic rings. The molecule has 3 heterocycles. The molecule has 0 fully saturated rings. The molecule has 0 unspecified atom stereocenters. The number of benzene rings is 2. The number of para-hydroxylation sites is 1. The fourth-order valence-corrected chi connectivity index (χ4v) is 3.93. The maximum Gasteiger partial charge on any atom is 0.170 e. The third kappa shape index (κ3) is 2.11. The molecule has 0 atom stereocenters. The fraction of sp³-hybridized carbons (Fsp3) is 0.158. The van der Waals surface area contributed by atoms with Crippen LogP contribution in [0.5, 0.6) is 0 Å². The summed E-state index contributed by atoms with van der Waals surface area (Å²) in [4.78, 5) is 2.11. The number of halogens is 1. The summed E-state index contributed by atoms with van der Waals surface area (Å²) in [7, 11) is 4.09. The van der Waals surface area contributed by atoms with E-state index in [9.17, 15) is 0 Å². The van der Waals surface area contributed by atoms with Gasteiger partial charge in [-0.15, -0.1) is 10.2 Å². The van der Waals surface area contributed by atoms with Crippen LogP contribution in [0.2, 0.25) is 0 Å². The van der Waals surface area contributed by atoms with Crippen LogP contribution in [-0.2, 0) is 6.54 Å². The Morgan fingerprint density at radius 2 is 1.92 bits per heavy atom. The summed E-state index contributed by atoms with van der Waals surface area (Å²) in [5.41, 5.74) is 4.28. The molecule has 0 spiro atoms. The second-order valence-corrected chi connectivity index (χ2v) is 7.49. The van der Waals surface area contributed by atoms with E-state index in [0.717, 1.165) is 38.9 Å². The van der Waals surface area contributed by atoms with Crippen LogP contribution in [0.15, 0.2) is 53.1 Å². The minimum Gasteiger partial charge on any atom is -0.314 e. The Hall–Kier alpha value is -2.44. The zero-order chi connectivity index (χ0) is 17.1. The Morgan fingerprint density at radius 3 is 2.76 bits per heavy atom. The highest BCUT2D eigenvalue weighted by Crippen LogP contribution is 2.30. The lowest BCUT2D eigenvalue weighted by Gasteiger charge is -2.08. The number of hydrogen-bond acceptors (Lipinski definition) is 3. The molecule has 0 saturated carbocycles. The largest absolute Gasteiger partial charge is 0.314 e. The smallest absolute Gasteiger partial charge is 0.170 e. The molecule has 25 heavy (non-hydrogen) atoms. The first-order chi connectivity index (χ1) is 12.1. The Bertz CT molecular complexity index is 1270. The molecule has 5 aromatic rings. The molecule has 0 bridgehead atoms. The van der Waals surface area contributed by atoms with E-state index in [4.69, 9.17) is 0 Å². The fourth-order valence-electron chi connectivity index (χ4n) is 3.58. The summed E-state index contributed by atoms with van der Waals surface area (Å²) < 4.78 is 5.47. The van der Waals surface area contributed by atoms with Gasteiger partial charge in [0, 0.05) is 21.4 Å². The summed E-state index contributed by atoms with van der Waals surface area (Å²) in [5.74, 6) is 0.933. The van der Waals surface area contributed by atoms with Crippen molar-refractivity contribution in [3.8, 4) is 0 Å². The molecule has 0 aliphatic heterocycles. The first-order valence-corrected chi connectivity index (χ1v) is 8.92. The van der Waals surface area contributed by atoms with Crippen LogP contribution in [0.4, 0.5) is 0 Å². The second-order valence-electron chi connectivity index (χ2n) is 6.58. The molecule has 0 radical (unpaired) electrons. The Balaban J connectivity index is 2.14. The zero-order valence-electron chi connectivity index (χ0n) is 13.9. The highest BCUT2D eigenvalue weighted by Gasteiger charge is 2.15. The van der Waals surface area contributed by atoms with Gasteiger partial charge in [0.2, 0.25) is 0 Å². The monoisotopic (exact) mass is 393 g/mol. The van der Waals surface area contributed by atoms with Gasteiger partial charge in [-0.05, 0) is 44.4 Å². The van der Waals surface area contributed by atoms with Gasteiger partial charge in [-0.3, -0.25) is 4.40 Å². The summed E-state index contributed by atoms with van der Waals surface area (Å²) in [6.45, 7) is 0.726. The third-order valence-corrected chi connectivity index (χ3v) is 5.07. The van der Waals surface area contributed by atoms with Crippen LogP contribution in [0, 0.1) is 0 Å². The van der Waals surface area contributed by atoms with Crippen LogP contribution in [0.1, 0.15) is 5.82 Å². The van der Waals surface area contributed by atoms with Gasteiger partial charge in [0.05, 0.1) is 23.1 Å². The van der Waals surface area contributed by atoms with Gasteiger partial charge in [-0.1, -0.05) is 28.1 Å². The first kappa shape index (κ1) is 14.9. The van der Waals surface area contributed by atoms with E-state index in [1.807, 2.05) is 14.1 Å². The van der Waals surface area contributed by atoms with Gasteiger partial charge < -0.3 is 9.30 Å². The van der Waals surface area contributed by atoms with Gasteiger partial charge >= 0.3 is 0 Å². The van der Waals surface area contributed by atoms with E-state index < -0.39 is 0 Å². The average molecular weight is 394 g/mol. The molecular weight excluding hydrogens is 378 g/mol. The SMILES string of the molecule is CN(C)Cc1nnc2c3cccc4ccn(c5ccc(Br)cc5n12)c43. The van der Waals surface area contributed by atoms with Crippen molar-refractivity contribution < 1.29 is 0 Å². The summed E-state index contributed by atoms with van der Waals surface area (Å²) in [6, 6.07) is 14.9. The molecule has 0 saturated heterocycles. The molecule has 5 rings (SSSR count). The van der Waals surface area contributed by atoms with Crippen molar-refractivity contribution in [2.24, 2.45) is 0 Å².